The van der Waals surface area contributed by atoms with Gasteiger partial charge in [0.25, 0.3) is 0 Å². The third-order valence-corrected chi connectivity index (χ3v) is 0.597. The Kier molecular flexibility index (Phi) is 1.99. The number of aliphatic hydroxyl groups excluding tert-OH is 1. The summed E-state index contributed by atoms with van der Waals surface area (Å²) in [4.78, 5) is 0. The van der Waals surface area contributed by atoms with Gasteiger partial charge in [0.05, 0.1) is 0 Å². The van der Waals surface area contributed by atoms with E-state index in [4.69, 9.17) is 10.8 Å². The molecule has 7 heavy (non-hydrogen) atoms. The number of aliphatic hydroxyl groups is 1. The van der Waals surface area contributed by atoms with Crippen molar-refractivity contribution >= 4 is 0 Å². The summed E-state index contributed by atoms with van der Waals surface area (Å²) in [5.41, 5.74) is 5.50. The molecule has 0 radical (unpaired) electrons. The summed E-state index contributed by atoms with van der Waals surface area (Å²) < 4.78 is 0. The Morgan fingerprint density at radius 3 is 2.29 bits per heavy atom. The van der Waals surface area contributed by atoms with E-state index < -0.39 is 0 Å². The second kappa shape index (κ2) is 2.29. The van der Waals surface area contributed by atoms with E-state index in [0.717, 1.165) is 0 Å². The van der Waals surface area contributed by atoms with E-state index in [1.807, 2.05) is 0 Å². The van der Waals surface area contributed by atoms with Crippen molar-refractivity contribution in [1.82, 2.24) is 0 Å². The van der Waals surface area contributed by atoms with Gasteiger partial charge in [0, 0.05) is 5.70 Å². The zero-order valence-electron chi connectivity index (χ0n) is 4.31. The fraction of sp³-hybridized carbons (Fsp3) is 0.200. The highest BCUT2D eigenvalue weighted by molar-refractivity contribution is 5.11. The second-order valence-electron chi connectivity index (χ2n) is 1.27. The molecule has 2 heteroatoms. The maximum Gasteiger partial charge on any atom is 0.133 e. The van der Waals surface area contributed by atoms with Crippen molar-refractivity contribution in [2.24, 2.45) is 5.73 Å². The normalized spacial score (nSPS) is 12.7. The molecule has 0 amide bonds. The van der Waals surface area contributed by atoms with E-state index in [0.29, 0.717) is 5.70 Å². The average Bonchev–Trinajstić information content (AvgIpc) is 1.65. The van der Waals surface area contributed by atoms with Gasteiger partial charge in [-0.25, -0.2) is 0 Å². The van der Waals surface area contributed by atoms with Crippen molar-refractivity contribution in [2.75, 3.05) is 0 Å². The number of allylic oxidation sites excluding steroid dienone is 2. The van der Waals surface area contributed by atoms with Crippen LogP contribution in [0.2, 0.25) is 0 Å². The van der Waals surface area contributed by atoms with Crippen LogP contribution in [-0.2, 0) is 0 Å². The minimum Gasteiger partial charge on any atom is -0.506 e. The van der Waals surface area contributed by atoms with Crippen LogP contribution >= 0.6 is 0 Å². The highest BCUT2D eigenvalue weighted by atomic mass is 16.3. The molecular formula is C5H9NO. The van der Waals surface area contributed by atoms with E-state index >= 15 is 0 Å². The molecule has 40 valence electrons. The molecule has 0 saturated heterocycles. The molecule has 0 aliphatic heterocycles. The number of hydrogen-bond donors (Lipinski definition) is 2. The number of nitrogens with two attached hydrogens (primary N) is 1. The molecule has 0 atom stereocenters. The third kappa shape index (κ3) is 1.87. The Bertz CT molecular complexity index is 101. The number of hydrogen-bond acceptors (Lipinski definition) is 2. The van der Waals surface area contributed by atoms with E-state index in [-0.39, 0.29) is 5.76 Å². The Balaban J connectivity index is 3.98. The molecule has 2 nitrogen and oxygen atoms in total. The Morgan fingerprint density at radius 1 is 1.86 bits per heavy atom. The van der Waals surface area contributed by atoms with E-state index in [9.17, 15) is 0 Å². The zero-order valence-corrected chi connectivity index (χ0v) is 4.31. The van der Waals surface area contributed by atoms with Gasteiger partial charge in [0.15, 0.2) is 0 Å². The summed E-state index contributed by atoms with van der Waals surface area (Å²) in [6.07, 6.45) is 1.30. The first kappa shape index (κ1) is 6.08. The minimum atomic E-state index is 0.0556. The monoisotopic (exact) mass is 99.1 g/mol. The highest BCUT2D eigenvalue weighted by Crippen LogP contribution is 1.90. The maximum atomic E-state index is 8.57. The molecule has 0 bridgehead atoms. The summed E-state index contributed by atoms with van der Waals surface area (Å²) in [6, 6.07) is 0. The van der Waals surface area contributed by atoms with E-state index in [2.05, 4.69) is 6.58 Å². The second-order valence-corrected chi connectivity index (χ2v) is 1.27. The van der Waals surface area contributed by atoms with Crippen molar-refractivity contribution in [3.8, 4) is 0 Å². The zero-order chi connectivity index (χ0) is 5.86. The van der Waals surface area contributed by atoms with Crippen LogP contribution in [0.5, 0.6) is 0 Å². The van der Waals surface area contributed by atoms with Crippen LogP contribution in [0.25, 0.3) is 0 Å². The molecule has 0 fully saturated rings. The van der Waals surface area contributed by atoms with Gasteiger partial charge in [0.1, 0.15) is 5.76 Å². The molecule has 0 saturated carbocycles. The molecular weight excluding hydrogens is 90.1 g/mol. The summed E-state index contributed by atoms with van der Waals surface area (Å²) in [7, 11) is 0. The first-order valence-electron chi connectivity index (χ1n) is 1.96. The van der Waals surface area contributed by atoms with Gasteiger partial charge in [-0.1, -0.05) is 6.58 Å². The molecule has 0 aliphatic carbocycles. The molecule has 0 aromatic heterocycles. The van der Waals surface area contributed by atoms with Crippen molar-refractivity contribution in [3.63, 3.8) is 0 Å². The molecule has 0 aromatic rings. The fourth-order valence-corrected chi connectivity index (χ4v) is 0.161. The average molecular weight is 99.1 g/mol. The molecule has 0 heterocycles. The van der Waals surface area contributed by atoms with Crippen molar-refractivity contribution in [2.45, 2.75) is 6.92 Å². The summed E-state index contributed by atoms with van der Waals surface area (Å²) in [5.74, 6) is 0.0556. The van der Waals surface area contributed by atoms with Crippen molar-refractivity contribution in [3.05, 3.63) is 24.1 Å². The summed E-state index contributed by atoms with van der Waals surface area (Å²) in [6.45, 7) is 4.90. The van der Waals surface area contributed by atoms with Crippen molar-refractivity contribution in [1.29, 1.82) is 0 Å². The SMILES string of the molecule is C=C/C(O)=C(\C)N. The van der Waals surface area contributed by atoms with Gasteiger partial charge >= 0.3 is 0 Å². The standard InChI is InChI=1S/C5H9NO/c1-3-5(7)4(2)6/h3,7H,1,6H2,2H3/b5-4-. The van der Waals surface area contributed by atoms with Crippen LogP contribution in [0.15, 0.2) is 24.1 Å². The third-order valence-electron chi connectivity index (χ3n) is 0.597. The van der Waals surface area contributed by atoms with Crippen LogP contribution in [0.3, 0.4) is 0 Å². The molecule has 0 aliphatic rings. The topological polar surface area (TPSA) is 46.2 Å². The maximum absolute atomic E-state index is 8.57. The van der Waals surface area contributed by atoms with Gasteiger partial charge in [-0.3, -0.25) is 0 Å². The quantitative estimate of drug-likeness (QED) is 0.379. The molecule has 0 spiro atoms. The van der Waals surface area contributed by atoms with Crippen LogP contribution in [-0.4, -0.2) is 5.11 Å². The molecule has 0 aromatic carbocycles. The Hall–Kier alpha value is -0.920. The number of rotatable bonds is 1. The molecule has 0 rings (SSSR count). The van der Waals surface area contributed by atoms with E-state index in [1.54, 1.807) is 6.92 Å². The molecule has 3 N–H and O–H groups in total. The van der Waals surface area contributed by atoms with Crippen molar-refractivity contribution < 1.29 is 5.11 Å². The Morgan fingerprint density at radius 2 is 2.29 bits per heavy atom. The fourth-order valence-electron chi connectivity index (χ4n) is 0.161. The minimum absolute atomic E-state index is 0.0556. The van der Waals surface area contributed by atoms with Crippen LogP contribution in [0, 0.1) is 0 Å². The highest BCUT2D eigenvalue weighted by Gasteiger charge is 1.83. The first-order valence-corrected chi connectivity index (χ1v) is 1.96. The van der Waals surface area contributed by atoms with Gasteiger partial charge in [-0.15, -0.1) is 0 Å². The lowest BCUT2D eigenvalue weighted by atomic mass is 10.4. The lowest BCUT2D eigenvalue weighted by Crippen LogP contribution is -1.94. The van der Waals surface area contributed by atoms with Crippen LogP contribution in [0.4, 0.5) is 0 Å². The smallest absolute Gasteiger partial charge is 0.133 e. The van der Waals surface area contributed by atoms with Gasteiger partial charge in [-0.2, -0.15) is 0 Å². The Labute approximate surface area is 43.0 Å². The largest absolute Gasteiger partial charge is 0.506 e. The van der Waals surface area contributed by atoms with Gasteiger partial charge in [0.2, 0.25) is 0 Å². The van der Waals surface area contributed by atoms with Gasteiger partial charge in [-0.05, 0) is 13.0 Å². The summed E-state index contributed by atoms with van der Waals surface area (Å²) in [5, 5.41) is 8.57. The molecule has 0 unspecified atom stereocenters. The lowest BCUT2D eigenvalue weighted by molar-refractivity contribution is 0.425. The first-order chi connectivity index (χ1) is 3.18. The summed E-state index contributed by atoms with van der Waals surface area (Å²) >= 11 is 0. The van der Waals surface area contributed by atoms with E-state index in [1.165, 1.54) is 6.08 Å². The lowest BCUT2D eigenvalue weighted by Gasteiger charge is -1.89. The van der Waals surface area contributed by atoms with Crippen LogP contribution < -0.4 is 5.73 Å². The van der Waals surface area contributed by atoms with Crippen LogP contribution in [0.1, 0.15) is 6.92 Å². The van der Waals surface area contributed by atoms with Gasteiger partial charge < -0.3 is 10.8 Å². The predicted octanol–water partition coefficient (Wildman–Crippen LogP) is 0.921. The predicted molar refractivity (Wildman–Crippen MR) is 29.7 cm³/mol.